The molecule has 0 unspecified atom stereocenters. The predicted molar refractivity (Wildman–Crippen MR) is 121 cm³/mol. The number of hydrogen-bond acceptors (Lipinski definition) is 4. The van der Waals surface area contributed by atoms with Crippen LogP contribution in [0.5, 0.6) is 0 Å². The molecule has 4 N–H and O–H groups in total. The van der Waals surface area contributed by atoms with Gasteiger partial charge in [-0.15, -0.1) is 12.4 Å². The van der Waals surface area contributed by atoms with Crippen LogP contribution in [0.1, 0.15) is 41.5 Å². The van der Waals surface area contributed by atoms with E-state index in [2.05, 4.69) is 31.6 Å². The van der Waals surface area contributed by atoms with Crippen LogP contribution in [0.15, 0.2) is 54.6 Å². The molecule has 0 spiro atoms. The Morgan fingerprint density at radius 3 is 1.57 bits per heavy atom. The van der Waals surface area contributed by atoms with Crippen molar-refractivity contribution in [1.82, 2.24) is 10.9 Å². The fourth-order valence-electron chi connectivity index (χ4n) is 1.55. The average molecular weight is 472 g/mol. The number of hydrogen-bond donors (Lipinski definition) is 2. The maximum atomic E-state index is 10.5. The Morgan fingerprint density at radius 2 is 1.32 bits per heavy atom. The van der Waals surface area contributed by atoms with Gasteiger partial charge in [0.05, 0.1) is 0 Å². The molecule has 158 valence electrons. The zero-order valence-electron chi connectivity index (χ0n) is 16.1. The summed E-state index contributed by atoms with van der Waals surface area (Å²) in [6, 6.07) is 15.2. The fourth-order valence-corrected chi connectivity index (χ4v) is 1.99. The molecule has 2 aromatic rings. The van der Waals surface area contributed by atoms with Crippen LogP contribution in [0.2, 0.25) is 5.02 Å². The third-order valence-corrected chi connectivity index (χ3v) is 3.22. The lowest BCUT2D eigenvalue weighted by atomic mass is 10.1. The van der Waals surface area contributed by atoms with Crippen LogP contribution in [0, 0.1) is 0 Å². The van der Waals surface area contributed by atoms with Gasteiger partial charge < -0.3 is 5.48 Å². The highest BCUT2D eigenvalue weighted by Gasteiger charge is 2.04. The smallest absolute Gasteiger partial charge is 0.252 e. The van der Waals surface area contributed by atoms with Gasteiger partial charge in [0.2, 0.25) is 0 Å². The third-order valence-electron chi connectivity index (χ3n) is 2.55. The molecule has 9 heteroatoms. The minimum absolute atomic E-state index is 0. The molecule has 0 aliphatic heterocycles. The van der Waals surface area contributed by atoms with Gasteiger partial charge in [0, 0.05) is 21.7 Å². The first-order valence-corrected chi connectivity index (χ1v) is 8.84. The summed E-state index contributed by atoms with van der Waals surface area (Å²) in [5.41, 5.74) is 7.05. The Bertz CT molecular complexity index is 693. The van der Waals surface area contributed by atoms with E-state index in [-0.39, 0.29) is 23.4 Å². The van der Waals surface area contributed by atoms with Crippen molar-refractivity contribution >= 4 is 57.7 Å². The van der Waals surface area contributed by atoms with Gasteiger partial charge in [-0.2, -0.15) is 0 Å². The van der Waals surface area contributed by atoms with Crippen molar-refractivity contribution in [3.8, 4) is 0 Å². The van der Waals surface area contributed by atoms with Gasteiger partial charge in [-0.05, 0) is 69.2 Å². The highest BCUT2D eigenvalue weighted by Crippen LogP contribution is 2.11. The molecule has 5 nitrogen and oxygen atoms in total. The summed E-state index contributed by atoms with van der Waals surface area (Å²) >= 11 is 15.9. The Labute approximate surface area is 187 Å². The molecule has 28 heavy (non-hydrogen) atoms. The second-order valence-corrected chi connectivity index (χ2v) is 7.17. The van der Waals surface area contributed by atoms with E-state index in [4.69, 9.17) is 34.8 Å². The van der Waals surface area contributed by atoms with Gasteiger partial charge in [0.1, 0.15) is 0 Å². The zero-order valence-corrected chi connectivity index (χ0v) is 19.1. The lowest BCUT2D eigenvalue weighted by Crippen LogP contribution is -2.43. The highest BCUT2D eigenvalue weighted by molar-refractivity contribution is 6.68. The minimum Gasteiger partial charge on any atom is -0.412 e. The van der Waals surface area contributed by atoms with Gasteiger partial charge in [-0.1, -0.05) is 48.0 Å². The number of rotatable bonds is 3. The number of nitrogens with one attached hydrogen (secondary N) is 2. The lowest BCUT2D eigenvalue weighted by Gasteiger charge is -2.18. The molecule has 0 atom stereocenters. The lowest BCUT2D eigenvalue weighted by molar-refractivity contribution is 0.107. The molecule has 0 amide bonds. The maximum Gasteiger partial charge on any atom is 0.252 e. The fraction of sp³-hybridized carbons (Fsp3) is 0.263. The van der Waals surface area contributed by atoms with Crippen LogP contribution in [0.4, 0.5) is 0 Å². The molecule has 0 radical (unpaired) electrons. The maximum absolute atomic E-state index is 10.5. The van der Waals surface area contributed by atoms with E-state index in [1.165, 1.54) is 6.07 Å². The topological polar surface area (TPSA) is 89.7 Å². The first-order valence-electron chi connectivity index (χ1n) is 7.71. The SMILES string of the molecule is CNNC(C)(C)C.Cl.O.O=C(Cl)c1cccc(Cl)c1.O=C(Cl)c1ccccc1. The van der Waals surface area contributed by atoms with E-state index in [1.807, 2.05) is 13.1 Å². The van der Waals surface area contributed by atoms with Crippen molar-refractivity contribution in [2.75, 3.05) is 7.05 Å². The Kier molecular flexibility index (Phi) is 18.8. The molecule has 2 rings (SSSR count). The molecule has 0 saturated heterocycles. The number of benzene rings is 2. The summed E-state index contributed by atoms with van der Waals surface area (Å²) < 4.78 is 0. The molecule has 0 bridgehead atoms. The second-order valence-electron chi connectivity index (χ2n) is 6.05. The number of halogens is 4. The summed E-state index contributed by atoms with van der Waals surface area (Å²) in [7, 11) is 1.87. The normalized spacial score (nSPS) is 9.25. The number of hydrazine groups is 1. The van der Waals surface area contributed by atoms with Crippen molar-refractivity contribution in [2.24, 2.45) is 0 Å². The summed E-state index contributed by atoms with van der Waals surface area (Å²) in [4.78, 5) is 20.9. The van der Waals surface area contributed by atoms with Gasteiger partial charge in [-0.3, -0.25) is 20.4 Å². The van der Waals surface area contributed by atoms with Gasteiger partial charge in [-0.25, -0.2) is 0 Å². The zero-order chi connectivity index (χ0) is 20.2. The molecule has 0 aromatic heterocycles. The molecule has 0 aliphatic rings. The van der Waals surface area contributed by atoms with Crippen LogP contribution in [-0.2, 0) is 0 Å². The van der Waals surface area contributed by atoms with Crippen molar-refractivity contribution in [3.63, 3.8) is 0 Å². The predicted octanol–water partition coefficient (Wildman–Crippen LogP) is 4.89. The number of carbonyl (C=O) groups is 2. The Morgan fingerprint density at radius 1 is 0.857 bits per heavy atom. The van der Waals surface area contributed by atoms with Crippen molar-refractivity contribution in [1.29, 1.82) is 0 Å². The van der Waals surface area contributed by atoms with Crippen LogP contribution in [0.3, 0.4) is 0 Å². The van der Waals surface area contributed by atoms with Gasteiger partial charge >= 0.3 is 0 Å². The van der Waals surface area contributed by atoms with E-state index < -0.39 is 10.5 Å². The Hall–Kier alpha value is -1.18. The summed E-state index contributed by atoms with van der Waals surface area (Å²) in [6.45, 7) is 6.30. The highest BCUT2D eigenvalue weighted by atomic mass is 35.5. The van der Waals surface area contributed by atoms with Crippen molar-refractivity contribution in [3.05, 3.63) is 70.7 Å². The van der Waals surface area contributed by atoms with E-state index in [9.17, 15) is 9.59 Å². The monoisotopic (exact) mass is 470 g/mol. The number of carbonyl (C=O) groups excluding carboxylic acids is 2. The Balaban J connectivity index is -0.000000329. The van der Waals surface area contributed by atoms with Gasteiger partial charge in [0.25, 0.3) is 10.5 Å². The first-order chi connectivity index (χ1) is 12.1. The van der Waals surface area contributed by atoms with E-state index in [0.717, 1.165) is 0 Å². The molecular formula is C19H26Cl4N2O3. The standard InChI is InChI=1S/C7H4Cl2O.C7H5ClO.C5H14N2.ClH.H2O/c8-6-3-1-2-5(4-6)7(9)10;8-7(9)6-4-2-1-3-5-6;1-5(2,3)7-6-4;;/h1-4H;1-5H;6-7H,1-4H3;1H;1H2. The molecule has 0 aliphatic carbocycles. The molecule has 0 heterocycles. The molecular weight excluding hydrogens is 446 g/mol. The van der Waals surface area contributed by atoms with Crippen LogP contribution < -0.4 is 10.9 Å². The van der Waals surface area contributed by atoms with Crippen LogP contribution >= 0.6 is 47.2 Å². The quantitative estimate of drug-likeness (QED) is 0.492. The second kappa shape index (κ2) is 16.7. The summed E-state index contributed by atoms with van der Waals surface area (Å²) in [6.07, 6.45) is 0. The minimum atomic E-state index is -0.484. The van der Waals surface area contributed by atoms with E-state index >= 15 is 0 Å². The van der Waals surface area contributed by atoms with E-state index in [1.54, 1.807) is 42.5 Å². The van der Waals surface area contributed by atoms with E-state index in [0.29, 0.717) is 16.1 Å². The summed E-state index contributed by atoms with van der Waals surface area (Å²) in [5, 5.41) is -0.371. The van der Waals surface area contributed by atoms with Crippen molar-refractivity contribution < 1.29 is 15.1 Å². The summed E-state index contributed by atoms with van der Waals surface area (Å²) in [5.74, 6) is 0. The first kappa shape index (κ1) is 31.5. The third kappa shape index (κ3) is 17.0. The molecule has 0 saturated carbocycles. The average Bonchev–Trinajstić information content (AvgIpc) is 2.55. The van der Waals surface area contributed by atoms with Crippen LogP contribution in [0.25, 0.3) is 0 Å². The largest absolute Gasteiger partial charge is 0.412 e. The van der Waals surface area contributed by atoms with Crippen molar-refractivity contribution in [2.45, 2.75) is 26.3 Å². The molecule has 0 fully saturated rings. The van der Waals surface area contributed by atoms with Gasteiger partial charge in [0.15, 0.2) is 0 Å². The molecule has 2 aromatic carbocycles. The van der Waals surface area contributed by atoms with Crippen LogP contribution in [-0.4, -0.2) is 28.5 Å².